The van der Waals surface area contributed by atoms with Gasteiger partial charge in [-0.2, -0.15) is 4.68 Å². The summed E-state index contributed by atoms with van der Waals surface area (Å²) >= 11 is 0. The number of hydrogen-bond acceptors (Lipinski definition) is 7. The van der Waals surface area contributed by atoms with Crippen molar-refractivity contribution >= 4 is 5.95 Å². The zero-order valence-corrected chi connectivity index (χ0v) is 13.0. The highest BCUT2D eigenvalue weighted by Crippen LogP contribution is 2.17. The lowest BCUT2D eigenvalue weighted by Crippen LogP contribution is -2.17. The summed E-state index contributed by atoms with van der Waals surface area (Å²) in [6.07, 6.45) is 1.69. The van der Waals surface area contributed by atoms with Crippen LogP contribution in [0.25, 0.3) is 5.69 Å². The number of benzene rings is 1. The lowest BCUT2D eigenvalue weighted by atomic mass is 10.3. The maximum Gasteiger partial charge on any atom is 0.248 e. The van der Waals surface area contributed by atoms with E-state index in [2.05, 4.69) is 31.0 Å². The number of nitrogens with one attached hydrogen (secondary N) is 1. The van der Waals surface area contributed by atoms with E-state index >= 15 is 0 Å². The van der Waals surface area contributed by atoms with Crippen molar-refractivity contribution in [3.05, 3.63) is 42.5 Å². The van der Waals surface area contributed by atoms with Crippen molar-refractivity contribution < 1.29 is 4.74 Å². The van der Waals surface area contributed by atoms with Crippen LogP contribution in [0.5, 0.6) is 0 Å². The van der Waals surface area contributed by atoms with Gasteiger partial charge in [-0.05, 0) is 29.5 Å². The molecule has 3 aromatic rings. The van der Waals surface area contributed by atoms with E-state index in [0.717, 1.165) is 11.5 Å². The Morgan fingerprint density at radius 3 is 2.83 bits per heavy atom. The Balaban J connectivity index is 1.78. The Bertz CT molecular complexity index is 738. The molecule has 0 saturated heterocycles. The van der Waals surface area contributed by atoms with Crippen molar-refractivity contribution in [2.75, 3.05) is 19.0 Å². The molecule has 3 rings (SSSR count). The highest BCUT2D eigenvalue weighted by atomic mass is 16.5. The minimum atomic E-state index is -0.109. The zero-order chi connectivity index (χ0) is 16.1. The van der Waals surface area contributed by atoms with E-state index in [-0.39, 0.29) is 6.04 Å². The number of rotatable bonds is 7. The van der Waals surface area contributed by atoms with E-state index in [1.165, 1.54) is 0 Å². The molecule has 1 N–H and O–H groups in total. The van der Waals surface area contributed by atoms with Crippen LogP contribution in [0, 0.1) is 0 Å². The second-order valence-electron chi connectivity index (χ2n) is 4.99. The van der Waals surface area contributed by atoms with E-state index in [0.29, 0.717) is 19.1 Å². The molecule has 0 saturated carbocycles. The Labute approximate surface area is 133 Å². The Hall–Kier alpha value is -2.81. The number of anilines is 1. The molecule has 23 heavy (non-hydrogen) atoms. The molecule has 0 aliphatic carbocycles. The first kappa shape index (κ1) is 15.1. The van der Waals surface area contributed by atoms with Crippen molar-refractivity contribution in [1.29, 1.82) is 0 Å². The third kappa shape index (κ3) is 3.34. The summed E-state index contributed by atoms with van der Waals surface area (Å²) in [5.74, 6) is 1.34. The van der Waals surface area contributed by atoms with Gasteiger partial charge in [0.05, 0.1) is 18.3 Å². The summed E-state index contributed by atoms with van der Waals surface area (Å²) in [4.78, 5) is 0. The average Bonchev–Trinajstić information content (AvgIpc) is 3.22. The molecule has 120 valence electrons. The summed E-state index contributed by atoms with van der Waals surface area (Å²) in [5.41, 5.74) is 0.882. The van der Waals surface area contributed by atoms with Gasteiger partial charge in [0.15, 0.2) is 5.82 Å². The summed E-state index contributed by atoms with van der Waals surface area (Å²) in [6, 6.07) is 9.59. The van der Waals surface area contributed by atoms with Gasteiger partial charge in [0, 0.05) is 13.7 Å². The van der Waals surface area contributed by atoms with Crippen molar-refractivity contribution in [3.8, 4) is 5.69 Å². The standard InChI is InChI=1S/C14H18N8O/c1-11(13-17-15-10-21(13)8-9-23-2)16-14-18-19-20-22(14)12-6-4-3-5-7-12/h3-7,10-11H,8-9H2,1-2H3,(H,16,18,20). The summed E-state index contributed by atoms with van der Waals surface area (Å²) in [5, 5.41) is 23.2. The first-order valence-corrected chi connectivity index (χ1v) is 7.26. The number of para-hydroxylation sites is 1. The topological polar surface area (TPSA) is 95.6 Å². The van der Waals surface area contributed by atoms with Crippen LogP contribution >= 0.6 is 0 Å². The number of nitrogens with zero attached hydrogens (tertiary/aromatic N) is 7. The largest absolute Gasteiger partial charge is 0.383 e. The van der Waals surface area contributed by atoms with Crippen LogP contribution in [0.4, 0.5) is 5.95 Å². The minimum Gasteiger partial charge on any atom is -0.383 e. The predicted molar refractivity (Wildman–Crippen MR) is 83.1 cm³/mol. The first-order chi connectivity index (χ1) is 11.3. The average molecular weight is 314 g/mol. The van der Waals surface area contributed by atoms with E-state index in [4.69, 9.17) is 4.74 Å². The molecule has 1 aromatic carbocycles. The SMILES string of the molecule is COCCn1cnnc1C(C)Nc1nnnn1-c1ccccc1. The lowest BCUT2D eigenvalue weighted by Gasteiger charge is -2.15. The van der Waals surface area contributed by atoms with E-state index in [1.54, 1.807) is 18.1 Å². The van der Waals surface area contributed by atoms with Crippen LogP contribution in [0.1, 0.15) is 18.8 Å². The second kappa shape index (κ2) is 6.97. The van der Waals surface area contributed by atoms with Gasteiger partial charge < -0.3 is 14.6 Å². The molecular formula is C14H18N8O. The van der Waals surface area contributed by atoms with Gasteiger partial charge >= 0.3 is 0 Å². The van der Waals surface area contributed by atoms with Crippen molar-refractivity contribution in [2.24, 2.45) is 0 Å². The maximum atomic E-state index is 5.10. The van der Waals surface area contributed by atoms with Gasteiger partial charge in [0.25, 0.3) is 0 Å². The van der Waals surface area contributed by atoms with Crippen LogP contribution in [0.2, 0.25) is 0 Å². The Morgan fingerprint density at radius 2 is 2.04 bits per heavy atom. The summed E-state index contributed by atoms with van der Waals surface area (Å²) in [7, 11) is 1.67. The van der Waals surface area contributed by atoms with Crippen molar-refractivity contribution in [1.82, 2.24) is 35.0 Å². The molecule has 2 heterocycles. The van der Waals surface area contributed by atoms with Gasteiger partial charge in [0.2, 0.25) is 5.95 Å². The van der Waals surface area contributed by atoms with Gasteiger partial charge in [0.1, 0.15) is 6.33 Å². The third-order valence-electron chi connectivity index (χ3n) is 3.38. The summed E-state index contributed by atoms with van der Waals surface area (Å²) < 4.78 is 8.69. The number of ether oxygens (including phenoxy) is 1. The third-order valence-corrected chi connectivity index (χ3v) is 3.38. The Kier molecular flexibility index (Phi) is 4.57. The molecular weight excluding hydrogens is 296 g/mol. The smallest absolute Gasteiger partial charge is 0.248 e. The molecule has 0 fully saturated rings. The van der Waals surface area contributed by atoms with Crippen molar-refractivity contribution in [3.63, 3.8) is 0 Å². The predicted octanol–water partition coefficient (Wildman–Crippen LogP) is 1.07. The van der Waals surface area contributed by atoms with Crippen LogP contribution in [-0.2, 0) is 11.3 Å². The number of methoxy groups -OCH3 is 1. The molecule has 0 aliphatic heterocycles. The van der Waals surface area contributed by atoms with Gasteiger partial charge in [-0.3, -0.25) is 0 Å². The molecule has 0 spiro atoms. The van der Waals surface area contributed by atoms with Gasteiger partial charge in [-0.15, -0.1) is 10.2 Å². The van der Waals surface area contributed by atoms with Crippen LogP contribution in [0.3, 0.4) is 0 Å². The monoisotopic (exact) mass is 314 g/mol. The highest BCUT2D eigenvalue weighted by molar-refractivity contribution is 5.39. The number of tetrazole rings is 1. The second-order valence-corrected chi connectivity index (χ2v) is 4.99. The van der Waals surface area contributed by atoms with Crippen LogP contribution in [-0.4, -0.2) is 48.7 Å². The molecule has 0 radical (unpaired) electrons. The molecule has 9 heteroatoms. The molecule has 2 aromatic heterocycles. The normalized spacial score (nSPS) is 12.3. The summed E-state index contributed by atoms with van der Waals surface area (Å²) in [6.45, 7) is 3.27. The molecule has 1 unspecified atom stereocenters. The van der Waals surface area contributed by atoms with Crippen molar-refractivity contribution in [2.45, 2.75) is 19.5 Å². The van der Waals surface area contributed by atoms with Crippen LogP contribution in [0.15, 0.2) is 36.7 Å². The number of aromatic nitrogens is 7. The van der Waals surface area contributed by atoms with Gasteiger partial charge in [-0.25, -0.2) is 0 Å². The Morgan fingerprint density at radius 1 is 1.22 bits per heavy atom. The highest BCUT2D eigenvalue weighted by Gasteiger charge is 2.17. The lowest BCUT2D eigenvalue weighted by molar-refractivity contribution is 0.186. The fraction of sp³-hybridized carbons (Fsp3) is 0.357. The molecule has 0 bridgehead atoms. The van der Waals surface area contributed by atoms with E-state index in [9.17, 15) is 0 Å². The maximum absolute atomic E-state index is 5.10. The molecule has 0 amide bonds. The minimum absolute atomic E-state index is 0.109. The first-order valence-electron chi connectivity index (χ1n) is 7.26. The number of hydrogen-bond donors (Lipinski definition) is 1. The van der Waals surface area contributed by atoms with Gasteiger partial charge in [-0.1, -0.05) is 23.3 Å². The fourth-order valence-corrected chi connectivity index (χ4v) is 2.24. The quantitative estimate of drug-likeness (QED) is 0.697. The van der Waals surface area contributed by atoms with E-state index < -0.39 is 0 Å². The zero-order valence-electron chi connectivity index (χ0n) is 13.0. The molecule has 0 aliphatic rings. The fourth-order valence-electron chi connectivity index (χ4n) is 2.24. The molecule has 9 nitrogen and oxygen atoms in total. The van der Waals surface area contributed by atoms with E-state index in [1.807, 2.05) is 41.8 Å². The molecule has 1 atom stereocenters. The van der Waals surface area contributed by atoms with Crippen LogP contribution < -0.4 is 5.32 Å².